The quantitative estimate of drug-likeness (QED) is 0.700. The first kappa shape index (κ1) is 22.0. The van der Waals surface area contributed by atoms with E-state index in [1.807, 2.05) is 43.0 Å². The fourth-order valence-electron chi connectivity index (χ4n) is 4.79. The molecule has 4 rings (SSSR count). The molecule has 2 bridgehead atoms. The van der Waals surface area contributed by atoms with Crippen LogP contribution in [0.25, 0.3) is 6.08 Å². The van der Waals surface area contributed by atoms with Gasteiger partial charge in [0.25, 0.3) is 0 Å². The molecule has 2 saturated heterocycles. The molecule has 2 atom stereocenters. The molecule has 0 aromatic heterocycles. The minimum absolute atomic E-state index is 0.0119. The van der Waals surface area contributed by atoms with Crippen LogP contribution in [0, 0.1) is 19.7 Å². The van der Waals surface area contributed by atoms with Crippen molar-refractivity contribution >= 4 is 23.7 Å². The highest BCUT2D eigenvalue weighted by Crippen LogP contribution is 2.31. The summed E-state index contributed by atoms with van der Waals surface area (Å²) >= 11 is 0. The third-order valence-corrected chi connectivity index (χ3v) is 6.46. The van der Waals surface area contributed by atoms with Gasteiger partial charge in [-0.05, 0) is 79.3 Å². The second-order valence-corrected chi connectivity index (χ2v) is 8.80. The predicted molar refractivity (Wildman–Crippen MR) is 123 cm³/mol. The Labute approximate surface area is 187 Å². The molecule has 32 heavy (non-hydrogen) atoms. The van der Waals surface area contributed by atoms with Crippen LogP contribution < -0.4 is 11.1 Å². The molecule has 0 spiro atoms. The molecule has 0 aliphatic carbocycles. The third-order valence-electron chi connectivity index (χ3n) is 6.46. The molecule has 2 aliphatic rings. The van der Waals surface area contributed by atoms with Gasteiger partial charge in [-0.15, -0.1) is 0 Å². The van der Waals surface area contributed by atoms with E-state index in [-0.39, 0.29) is 23.8 Å². The third kappa shape index (κ3) is 4.83. The molecule has 168 valence electrons. The number of primary amides is 1. The fourth-order valence-corrected chi connectivity index (χ4v) is 4.79. The number of hydrogen-bond donors (Lipinski definition) is 2. The predicted octanol–water partition coefficient (Wildman–Crippen LogP) is 3.82. The van der Waals surface area contributed by atoms with Gasteiger partial charge in [-0.1, -0.05) is 12.1 Å². The second-order valence-electron chi connectivity index (χ2n) is 8.80. The first-order chi connectivity index (χ1) is 15.3. The number of likely N-dealkylation sites (tertiary alicyclic amines) is 1. The van der Waals surface area contributed by atoms with Crippen LogP contribution in [0.3, 0.4) is 0 Å². The van der Waals surface area contributed by atoms with Crippen LogP contribution in [0.2, 0.25) is 0 Å². The number of rotatable bonds is 5. The maximum absolute atomic E-state index is 13.2. The first-order valence-corrected chi connectivity index (χ1v) is 10.9. The van der Waals surface area contributed by atoms with Gasteiger partial charge in [0.15, 0.2) is 0 Å². The van der Waals surface area contributed by atoms with Crippen molar-refractivity contribution in [3.8, 4) is 0 Å². The Morgan fingerprint density at radius 3 is 2.34 bits per heavy atom. The summed E-state index contributed by atoms with van der Waals surface area (Å²) in [6, 6.07) is 10.1. The normalized spacial score (nSPS) is 20.7. The maximum Gasteiger partial charge on any atom is 0.316 e. The molecular formula is C25H29FN4O2. The molecule has 2 aromatic rings. The minimum Gasteiger partial charge on any atom is -0.351 e. The Morgan fingerprint density at radius 1 is 1.09 bits per heavy atom. The van der Waals surface area contributed by atoms with Crippen LogP contribution in [0.15, 0.2) is 42.5 Å². The number of urea groups is 1. The summed E-state index contributed by atoms with van der Waals surface area (Å²) in [4.78, 5) is 28.8. The number of fused-ring (bicyclic) bond motifs is 2. The van der Waals surface area contributed by atoms with Crippen LogP contribution in [0.5, 0.6) is 0 Å². The molecule has 2 unspecified atom stereocenters. The van der Waals surface area contributed by atoms with E-state index in [4.69, 9.17) is 5.73 Å². The summed E-state index contributed by atoms with van der Waals surface area (Å²) in [5.74, 6) is -0.240. The van der Waals surface area contributed by atoms with E-state index in [9.17, 15) is 14.0 Å². The number of halogens is 1. The van der Waals surface area contributed by atoms with Crippen LogP contribution in [0.4, 0.5) is 14.9 Å². The summed E-state index contributed by atoms with van der Waals surface area (Å²) in [6.45, 7) is 6.33. The number of nitrogens with one attached hydrogen (secondary N) is 1. The van der Waals surface area contributed by atoms with Crippen LogP contribution in [0.1, 0.15) is 35.1 Å². The number of carbonyl (C=O) groups is 2. The van der Waals surface area contributed by atoms with Gasteiger partial charge in [0.05, 0.1) is 0 Å². The molecule has 0 radical (unpaired) electrons. The lowest BCUT2D eigenvalue weighted by Crippen LogP contribution is -2.55. The number of benzene rings is 2. The number of carbonyl (C=O) groups excluding carboxylic acids is 2. The Bertz CT molecular complexity index is 1040. The number of aryl methyl sites for hydroxylation is 2. The first-order valence-electron chi connectivity index (χ1n) is 10.9. The molecule has 2 aliphatic heterocycles. The number of anilines is 1. The highest BCUT2D eigenvalue weighted by atomic mass is 19.1. The molecule has 2 fully saturated rings. The van der Waals surface area contributed by atoms with Crippen molar-refractivity contribution in [2.45, 2.75) is 45.3 Å². The number of hydrogen-bond acceptors (Lipinski definition) is 3. The summed E-state index contributed by atoms with van der Waals surface area (Å²) in [6.07, 6.45) is 5.33. The van der Waals surface area contributed by atoms with Crippen molar-refractivity contribution in [2.75, 3.05) is 18.4 Å². The summed E-state index contributed by atoms with van der Waals surface area (Å²) < 4.78 is 13.2. The minimum atomic E-state index is -0.635. The zero-order valence-electron chi connectivity index (χ0n) is 18.5. The van der Waals surface area contributed by atoms with Gasteiger partial charge in [-0.2, -0.15) is 0 Å². The van der Waals surface area contributed by atoms with E-state index >= 15 is 0 Å². The van der Waals surface area contributed by atoms with Crippen LogP contribution >= 0.6 is 0 Å². The highest BCUT2D eigenvalue weighted by molar-refractivity contribution is 5.95. The summed E-state index contributed by atoms with van der Waals surface area (Å²) in [5, 5.41) is 2.64. The molecule has 2 heterocycles. The maximum atomic E-state index is 13.2. The van der Waals surface area contributed by atoms with Crippen LogP contribution in [-0.4, -0.2) is 46.9 Å². The summed E-state index contributed by atoms with van der Waals surface area (Å²) in [5.41, 5.74) is 9.83. The molecule has 3 amide bonds. The van der Waals surface area contributed by atoms with Gasteiger partial charge in [-0.3, -0.25) is 9.69 Å². The van der Waals surface area contributed by atoms with Gasteiger partial charge in [0.2, 0.25) is 5.91 Å². The molecule has 0 saturated carbocycles. The number of piperazine rings is 1. The van der Waals surface area contributed by atoms with Gasteiger partial charge in [-0.25, -0.2) is 9.18 Å². The van der Waals surface area contributed by atoms with Crippen molar-refractivity contribution in [3.63, 3.8) is 0 Å². The molecular weight excluding hydrogens is 407 g/mol. The van der Waals surface area contributed by atoms with E-state index in [0.29, 0.717) is 5.69 Å². The summed E-state index contributed by atoms with van der Waals surface area (Å²) in [7, 11) is 0. The van der Waals surface area contributed by atoms with Crippen molar-refractivity contribution in [1.82, 2.24) is 9.80 Å². The Hall–Kier alpha value is -3.19. The molecule has 7 heteroatoms. The standard InChI is InChI=1S/C25H29FN4O2/c1-16-11-19(23(12-17(16)2)28-25(27)32)5-10-24(31)30-21-8-9-22(30)15-29(14-21)13-18-3-6-20(26)7-4-18/h3-7,10-12,21-22H,8-9,13-15H2,1-2H3,(H3,27,28,32)/b10-5+. The Kier molecular flexibility index (Phi) is 6.28. The fraction of sp³-hybridized carbons (Fsp3) is 0.360. The molecule has 6 nitrogen and oxygen atoms in total. The second kappa shape index (κ2) is 9.12. The van der Waals surface area contributed by atoms with Gasteiger partial charge in [0, 0.05) is 43.5 Å². The lowest BCUT2D eigenvalue weighted by molar-refractivity contribution is -0.131. The van der Waals surface area contributed by atoms with Crippen molar-refractivity contribution < 1.29 is 14.0 Å². The van der Waals surface area contributed by atoms with Gasteiger partial charge >= 0.3 is 6.03 Å². The lowest BCUT2D eigenvalue weighted by atomic mass is 10.0. The number of amides is 3. The molecule has 3 N–H and O–H groups in total. The Morgan fingerprint density at radius 2 is 1.72 bits per heavy atom. The van der Waals surface area contributed by atoms with E-state index < -0.39 is 6.03 Å². The zero-order valence-corrected chi connectivity index (χ0v) is 18.5. The van der Waals surface area contributed by atoms with E-state index in [1.165, 1.54) is 12.1 Å². The number of nitrogens with zero attached hydrogens (tertiary/aromatic N) is 2. The van der Waals surface area contributed by atoms with Crippen molar-refractivity contribution in [3.05, 3.63) is 70.5 Å². The number of nitrogens with two attached hydrogens (primary N) is 1. The largest absolute Gasteiger partial charge is 0.351 e. The molecule has 2 aromatic carbocycles. The Balaban J connectivity index is 1.45. The average Bonchev–Trinajstić information content (AvgIpc) is 3.01. The smallest absolute Gasteiger partial charge is 0.316 e. The van der Waals surface area contributed by atoms with Crippen molar-refractivity contribution in [2.24, 2.45) is 5.73 Å². The van der Waals surface area contributed by atoms with E-state index in [1.54, 1.807) is 12.2 Å². The SMILES string of the molecule is Cc1cc(/C=C/C(=O)N2C3CCC2CN(Cc2ccc(F)cc2)C3)c(NC(N)=O)cc1C. The highest BCUT2D eigenvalue weighted by Gasteiger charge is 2.41. The van der Waals surface area contributed by atoms with Crippen molar-refractivity contribution in [1.29, 1.82) is 0 Å². The van der Waals surface area contributed by atoms with Crippen LogP contribution in [-0.2, 0) is 11.3 Å². The van der Waals surface area contributed by atoms with Gasteiger partial charge < -0.3 is 16.0 Å². The topological polar surface area (TPSA) is 78.7 Å². The zero-order chi connectivity index (χ0) is 22.8. The monoisotopic (exact) mass is 436 g/mol. The lowest BCUT2D eigenvalue weighted by Gasteiger charge is -2.40. The van der Waals surface area contributed by atoms with E-state index in [2.05, 4.69) is 10.2 Å². The average molecular weight is 437 g/mol. The van der Waals surface area contributed by atoms with Gasteiger partial charge in [0.1, 0.15) is 5.82 Å². The van der Waals surface area contributed by atoms with E-state index in [0.717, 1.165) is 54.7 Å².